The second-order valence-electron chi connectivity index (χ2n) is 4.63. The Balaban J connectivity index is 2.14. The highest BCUT2D eigenvalue weighted by molar-refractivity contribution is 6.45. The zero-order valence-corrected chi connectivity index (χ0v) is 15.0. The molecule has 0 spiro atoms. The summed E-state index contributed by atoms with van der Waals surface area (Å²) in [7, 11) is 0. The SMILES string of the molecule is C/C(Nc1ccccc1Cl)=C(/Cl)C(=O)Nc1ccc(Cl)c(Cl)c1. The van der Waals surface area contributed by atoms with Crippen molar-refractivity contribution in [3.05, 3.63) is 68.3 Å². The van der Waals surface area contributed by atoms with Gasteiger partial charge in [-0.15, -0.1) is 0 Å². The summed E-state index contributed by atoms with van der Waals surface area (Å²) in [5.74, 6) is -0.470. The number of hydrogen-bond acceptors (Lipinski definition) is 2. The van der Waals surface area contributed by atoms with Crippen LogP contribution in [-0.4, -0.2) is 5.91 Å². The van der Waals surface area contributed by atoms with E-state index in [-0.39, 0.29) is 5.03 Å². The monoisotopic (exact) mass is 388 g/mol. The van der Waals surface area contributed by atoms with Crippen LogP contribution < -0.4 is 10.6 Å². The van der Waals surface area contributed by atoms with E-state index < -0.39 is 5.91 Å². The second kappa shape index (κ2) is 7.93. The fraction of sp³-hybridized carbons (Fsp3) is 0.0625. The first-order chi connectivity index (χ1) is 10.9. The van der Waals surface area contributed by atoms with Crippen LogP contribution in [0, 0.1) is 0 Å². The minimum absolute atomic E-state index is 0.0102. The van der Waals surface area contributed by atoms with Gasteiger partial charge < -0.3 is 10.6 Å². The molecule has 3 nitrogen and oxygen atoms in total. The number of allylic oxidation sites excluding steroid dienone is 1. The molecule has 23 heavy (non-hydrogen) atoms. The fourth-order valence-corrected chi connectivity index (χ4v) is 2.33. The number of carbonyl (C=O) groups excluding carboxylic acids is 1. The molecule has 2 N–H and O–H groups in total. The van der Waals surface area contributed by atoms with Gasteiger partial charge >= 0.3 is 0 Å². The molecule has 1 amide bonds. The number of rotatable bonds is 4. The molecule has 0 aliphatic heterocycles. The van der Waals surface area contributed by atoms with Gasteiger partial charge in [0.1, 0.15) is 5.03 Å². The van der Waals surface area contributed by atoms with Crippen LogP contribution in [0.4, 0.5) is 11.4 Å². The van der Waals surface area contributed by atoms with Gasteiger partial charge in [-0.2, -0.15) is 0 Å². The molecule has 0 bridgehead atoms. The van der Waals surface area contributed by atoms with Crippen LogP contribution in [0.5, 0.6) is 0 Å². The molecule has 2 aromatic carbocycles. The molecule has 0 radical (unpaired) electrons. The van der Waals surface area contributed by atoms with E-state index in [4.69, 9.17) is 46.4 Å². The molecule has 2 aromatic rings. The Morgan fingerprint density at radius 1 is 0.913 bits per heavy atom. The van der Waals surface area contributed by atoms with Crippen LogP contribution in [0.2, 0.25) is 15.1 Å². The number of benzene rings is 2. The topological polar surface area (TPSA) is 41.1 Å². The summed E-state index contributed by atoms with van der Waals surface area (Å²) >= 11 is 23.9. The highest BCUT2D eigenvalue weighted by Crippen LogP contribution is 2.26. The third-order valence-corrected chi connectivity index (χ3v) is 4.43. The minimum Gasteiger partial charge on any atom is -0.357 e. The van der Waals surface area contributed by atoms with Gasteiger partial charge in [0, 0.05) is 11.4 Å². The van der Waals surface area contributed by atoms with Gasteiger partial charge in [0.15, 0.2) is 0 Å². The average molecular weight is 390 g/mol. The Kier molecular flexibility index (Phi) is 6.19. The molecule has 0 aliphatic rings. The summed E-state index contributed by atoms with van der Waals surface area (Å²) < 4.78 is 0. The molecule has 0 unspecified atom stereocenters. The van der Waals surface area contributed by atoms with Gasteiger partial charge in [-0.05, 0) is 37.3 Å². The summed E-state index contributed by atoms with van der Waals surface area (Å²) in [5.41, 5.74) is 1.62. The van der Waals surface area contributed by atoms with Gasteiger partial charge in [0.2, 0.25) is 0 Å². The second-order valence-corrected chi connectivity index (χ2v) is 6.23. The van der Waals surface area contributed by atoms with Crippen molar-refractivity contribution in [2.24, 2.45) is 0 Å². The third kappa shape index (κ3) is 4.79. The van der Waals surface area contributed by atoms with Crippen LogP contribution in [-0.2, 0) is 4.79 Å². The average Bonchev–Trinajstić information content (AvgIpc) is 2.52. The molecular formula is C16H12Cl4N2O. The largest absolute Gasteiger partial charge is 0.357 e. The summed E-state index contributed by atoms with van der Waals surface area (Å²) in [6.45, 7) is 1.68. The Morgan fingerprint density at radius 2 is 1.61 bits per heavy atom. The van der Waals surface area contributed by atoms with Crippen LogP contribution in [0.15, 0.2) is 53.2 Å². The highest BCUT2D eigenvalue weighted by atomic mass is 35.5. The van der Waals surface area contributed by atoms with Crippen molar-refractivity contribution in [2.45, 2.75) is 6.92 Å². The van der Waals surface area contributed by atoms with Gasteiger partial charge in [-0.25, -0.2) is 0 Å². The van der Waals surface area contributed by atoms with Gasteiger partial charge in [-0.1, -0.05) is 58.5 Å². The van der Waals surface area contributed by atoms with Gasteiger partial charge in [0.05, 0.1) is 20.8 Å². The predicted octanol–water partition coefficient (Wildman–Crippen LogP) is 6.17. The first-order valence-corrected chi connectivity index (χ1v) is 8.04. The first kappa shape index (κ1) is 18.0. The number of carbonyl (C=O) groups is 1. The smallest absolute Gasteiger partial charge is 0.268 e. The van der Waals surface area contributed by atoms with Crippen molar-refractivity contribution in [3.8, 4) is 0 Å². The lowest BCUT2D eigenvalue weighted by Crippen LogP contribution is -2.14. The van der Waals surface area contributed by atoms with E-state index in [2.05, 4.69) is 10.6 Å². The summed E-state index contributed by atoms with van der Waals surface area (Å²) in [6, 6.07) is 11.9. The lowest BCUT2D eigenvalue weighted by Gasteiger charge is -2.11. The lowest BCUT2D eigenvalue weighted by atomic mass is 10.3. The van der Waals surface area contributed by atoms with Crippen LogP contribution in [0.25, 0.3) is 0 Å². The van der Waals surface area contributed by atoms with Crippen molar-refractivity contribution < 1.29 is 4.79 Å². The zero-order chi connectivity index (χ0) is 17.0. The molecule has 7 heteroatoms. The van der Waals surface area contributed by atoms with E-state index >= 15 is 0 Å². The van der Waals surface area contributed by atoms with Crippen molar-refractivity contribution in [1.29, 1.82) is 0 Å². The maximum Gasteiger partial charge on any atom is 0.268 e. The quantitative estimate of drug-likeness (QED) is 0.614. The number of halogens is 4. The fourth-order valence-electron chi connectivity index (χ4n) is 1.75. The van der Waals surface area contributed by atoms with E-state index in [0.29, 0.717) is 32.1 Å². The molecule has 0 aliphatic carbocycles. The maximum atomic E-state index is 12.2. The van der Waals surface area contributed by atoms with E-state index in [1.54, 1.807) is 37.3 Å². The molecule has 0 saturated carbocycles. The molecule has 2 rings (SSSR count). The molecule has 0 fully saturated rings. The standard InChI is InChI=1S/C16H12Cl4N2O/c1-9(21-14-5-3-2-4-12(14)18)15(20)16(23)22-10-6-7-11(17)13(19)8-10/h2-8,21H,1H3,(H,22,23)/b15-9-. The van der Waals surface area contributed by atoms with Gasteiger partial charge in [0.25, 0.3) is 5.91 Å². The third-order valence-electron chi connectivity index (χ3n) is 2.90. The van der Waals surface area contributed by atoms with E-state index in [1.807, 2.05) is 12.1 Å². The molecule has 120 valence electrons. The molecule has 0 saturated heterocycles. The summed E-state index contributed by atoms with van der Waals surface area (Å²) in [6.07, 6.45) is 0. The molecule has 0 heterocycles. The van der Waals surface area contributed by atoms with E-state index in [0.717, 1.165) is 0 Å². The number of anilines is 2. The van der Waals surface area contributed by atoms with Crippen molar-refractivity contribution in [2.75, 3.05) is 10.6 Å². The van der Waals surface area contributed by atoms with E-state index in [1.165, 1.54) is 0 Å². The van der Waals surface area contributed by atoms with Crippen LogP contribution in [0.1, 0.15) is 6.92 Å². The molecule has 0 atom stereocenters. The number of nitrogens with one attached hydrogen (secondary N) is 2. The molecule has 0 aromatic heterocycles. The number of hydrogen-bond donors (Lipinski definition) is 2. The number of para-hydroxylation sites is 1. The zero-order valence-electron chi connectivity index (χ0n) is 12.0. The van der Waals surface area contributed by atoms with Crippen LogP contribution >= 0.6 is 46.4 Å². The molecular weight excluding hydrogens is 378 g/mol. The summed E-state index contributed by atoms with van der Waals surface area (Å²) in [4.78, 5) is 12.2. The lowest BCUT2D eigenvalue weighted by molar-refractivity contribution is -0.112. The predicted molar refractivity (Wildman–Crippen MR) is 98.7 cm³/mol. The van der Waals surface area contributed by atoms with Crippen molar-refractivity contribution in [1.82, 2.24) is 0 Å². The Hall–Kier alpha value is -1.39. The highest BCUT2D eigenvalue weighted by Gasteiger charge is 2.12. The van der Waals surface area contributed by atoms with Crippen molar-refractivity contribution >= 4 is 63.7 Å². The Labute approximate surface area is 154 Å². The van der Waals surface area contributed by atoms with Crippen LogP contribution in [0.3, 0.4) is 0 Å². The van der Waals surface area contributed by atoms with Gasteiger partial charge in [-0.3, -0.25) is 4.79 Å². The minimum atomic E-state index is -0.470. The first-order valence-electron chi connectivity index (χ1n) is 6.53. The van der Waals surface area contributed by atoms with E-state index in [9.17, 15) is 4.79 Å². The maximum absolute atomic E-state index is 12.2. The Morgan fingerprint density at radius 3 is 2.26 bits per heavy atom. The Bertz CT molecular complexity index is 774. The normalized spacial score (nSPS) is 11.7. The summed E-state index contributed by atoms with van der Waals surface area (Å²) in [5, 5.41) is 6.94. The van der Waals surface area contributed by atoms with Crippen molar-refractivity contribution in [3.63, 3.8) is 0 Å². The number of amides is 1.